The van der Waals surface area contributed by atoms with Crippen molar-refractivity contribution in [3.63, 3.8) is 0 Å². The molecule has 2 aromatic carbocycles. The maximum absolute atomic E-state index is 12.3. The zero-order valence-electron chi connectivity index (χ0n) is 16.2. The summed E-state index contributed by atoms with van der Waals surface area (Å²) >= 11 is 0. The van der Waals surface area contributed by atoms with Gasteiger partial charge in [-0.2, -0.15) is 5.10 Å². The van der Waals surface area contributed by atoms with Gasteiger partial charge in [-0.3, -0.25) is 14.4 Å². The van der Waals surface area contributed by atoms with Gasteiger partial charge in [-0.15, -0.1) is 0 Å². The Labute approximate surface area is 168 Å². The van der Waals surface area contributed by atoms with Crippen molar-refractivity contribution >= 4 is 22.6 Å². The van der Waals surface area contributed by atoms with Crippen LogP contribution in [0.2, 0.25) is 0 Å². The molecule has 0 aliphatic rings. The minimum atomic E-state index is -0.586. The van der Waals surface area contributed by atoms with Gasteiger partial charge >= 0.3 is 5.97 Å². The Morgan fingerprint density at radius 3 is 2.48 bits per heavy atom. The van der Waals surface area contributed by atoms with Gasteiger partial charge in [-0.05, 0) is 18.1 Å². The van der Waals surface area contributed by atoms with Crippen LogP contribution in [0.15, 0.2) is 59.4 Å². The quantitative estimate of drug-likeness (QED) is 0.573. The SMILES string of the molecule is CCC[C@H](NC(=O)COC(=O)Cc1n[nH]c(=O)c2ccccc12)c1ccccc1. The number of aromatic amines is 1. The van der Waals surface area contributed by atoms with Crippen LogP contribution in [-0.4, -0.2) is 28.7 Å². The standard InChI is InChI=1S/C22H23N3O4/c1-2-8-18(15-9-4-3-5-10-15)23-20(26)14-29-21(27)13-19-16-11-6-7-12-17(16)22(28)25-24-19/h3-7,9-12,18H,2,8,13-14H2,1H3,(H,23,26)(H,25,28)/t18-/m0/s1. The maximum atomic E-state index is 12.3. The predicted molar refractivity (Wildman–Crippen MR) is 109 cm³/mol. The van der Waals surface area contributed by atoms with E-state index in [0.717, 1.165) is 18.4 Å². The summed E-state index contributed by atoms with van der Waals surface area (Å²) in [6.07, 6.45) is 1.56. The molecule has 1 amide bonds. The van der Waals surface area contributed by atoms with Crippen molar-refractivity contribution < 1.29 is 14.3 Å². The predicted octanol–water partition coefficient (Wildman–Crippen LogP) is 2.67. The molecule has 1 aromatic heterocycles. The van der Waals surface area contributed by atoms with Crippen LogP contribution in [0.5, 0.6) is 0 Å². The average Bonchev–Trinajstić information content (AvgIpc) is 2.75. The van der Waals surface area contributed by atoms with E-state index in [0.29, 0.717) is 16.5 Å². The summed E-state index contributed by atoms with van der Waals surface area (Å²) in [5.41, 5.74) is 1.09. The zero-order valence-corrected chi connectivity index (χ0v) is 16.2. The van der Waals surface area contributed by atoms with Crippen LogP contribution in [0.1, 0.15) is 37.1 Å². The molecule has 3 aromatic rings. The first-order valence-corrected chi connectivity index (χ1v) is 9.54. The fourth-order valence-corrected chi connectivity index (χ4v) is 3.17. The third kappa shape index (κ3) is 5.28. The van der Waals surface area contributed by atoms with Crippen LogP contribution in [-0.2, 0) is 20.7 Å². The number of ether oxygens (including phenoxy) is 1. The molecule has 0 saturated heterocycles. The number of hydrogen-bond donors (Lipinski definition) is 2. The van der Waals surface area contributed by atoms with E-state index in [-0.39, 0.29) is 30.5 Å². The van der Waals surface area contributed by atoms with E-state index in [1.54, 1.807) is 24.3 Å². The molecule has 2 N–H and O–H groups in total. The molecule has 0 unspecified atom stereocenters. The van der Waals surface area contributed by atoms with Gasteiger partial charge in [0.15, 0.2) is 6.61 Å². The number of carbonyl (C=O) groups is 2. The second-order valence-electron chi connectivity index (χ2n) is 6.70. The Morgan fingerprint density at radius 2 is 1.76 bits per heavy atom. The Morgan fingerprint density at radius 1 is 1.07 bits per heavy atom. The molecule has 29 heavy (non-hydrogen) atoms. The number of amides is 1. The van der Waals surface area contributed by atoms with Crippen LogP contribution in [0.3, 0.4) is 0 Å². The normalized spacial score (nSPS) is 11.8. The number of fused-ring (bicyclic) bond motifs is 1. The number of rotatable bonds is 8. The molecule has 0 bridgehead atoms. The number of H-pyrrole nitrogens is 1. The topological polar surface area (TPSA) is 101 Å². The minimum Gasteiger partial charge on any atom is -0.455 e. The van der Waals surface area contributed by atoms with E-state index < -0.39 is 5.97 Å². The number of aromatic nitrogens is 2. The highest BCUT2D eigenvalue weighted by atomic mass is 16.5. The van der Waals surface area contributed by atoms with Gasteiger partial charge in [-0.1, -0.05) is 61.9 Å². The highest BCUT2D eigenvalue weighted by Crippen LogP contribution is 2.18. The maximum Gasteiger partial charge on any atom is 0.312 e. The smallest absolute Gasteiger partial charge is 0.312 e. The van der Waals surface area contributed by atoms with Gasteiger partial charge in [0.05, 0.1) is 23.5 Å². The molecule has 3 rings (SSSR count). The average molecular weight is 393 g/mol. The lowest BCUT2D eigenvalue weighted by Crippen LogP contribution is -2.32. The van der Waals surface area contributed by atoms with Crippen LogP contribution >= 0.6 is 0 Å². The molecule has 7 nitrogen and oxygen atoms in total. The molecule has 0 spiro atoms. The lowest BCUT2D eigenvalue weighted by Gasteiger charge is -2.18. The third-order valence-corrected chi connectivity index (χ3v) is 4.57. The molecule has 150 valence electrons. The highest BCUT2D eigenvalue weighted by Gasteiger charge is 2.16. The Balaban J connectivity index is 1.58. The third-order valence-electron chi connectivity index (χ3n) is 4.57. The van der Waals surface area contributed by atoms with Crippen LogP contribution in [0.4, 0.5) is 0 Å². The van der Waals surface area contributed by atoms with E-state index in [1.807, 2.05) is 37.3 Å². The fraction of sp³-hybridized carbons (Fsp3) is 0.273. The summed E-state index contributed by atoms with van der Waals surface area (Å²) in [6.45, 7) is 1.68. The number of hydrogen-bond acceptors (Lipinski definition) is 5. The van der Waals surface area contributed by atoms with E-state index in [4.69, 9.17) is 4.74 Å². The summed E-state index contributed by atoms with van der Waals surface area (Å²) in [5.74, 6) is -0.948. The summed E-state index contributed by atoms with van der Waals surface area (Å²) < 4.78 is 5.12. The number of benzene rings is 2. The van der Waals surface area contributed by atoms with Crippen molar-refractivity contribution in [2.75, 3.05) is 6.61 Å². The van der Waals surface area contributed by atoms with E-state index >= 15 is 0 Å². The van der Waals surface area contributed by atoms with Gasteiger partial charge in [0.1, 0.15) is 0 Å². The summed E-state index contributed by atoms with van der Waals surface area (Å²) in [4.78, 5) is 36.3. The molecular formula is C22H23N3O4. The second kappa shape index (κ2) is 9.64. The molecule has 0 aliphatic heterocycles. The van der Waals surface area contributed by atoms with Crippen LogP contribution < -0.4 is 10.9 Å². The first-order valence-electron chi connectivity index (χ1n) is 9.54. The van der Waals surface area contributed by atoms with Gasteiger partial charge in [0.25, 0.3) is 11.5 Å². The molecule has 0 saturated carbocycles. The monoisotopic (exact) mass is 393 g/mol. The molecule has 0 fully saturated rings. The van der Waals surface area contributed by atoms with Gasteiger partial charge < -0.3 is 10.1 Å². The first-order chi connectivity index (χ1) is 14.1. The first kappa shape index (κ1) is 20.3. The molecule has 7 heteroatoms. The van der Waals surface area contributed by atoms with Crippen molar-refractivity contribution in [2.24, 2.45) is 0 Å². The molecule has 0 aliphatic carbocycles. The van der Waals surface area contributed by atoms with Gasteiger partial charge in [0.2, 0.25) is 0 Å². The summed E-state index contributed by atoms with van der Waals surface area (Å²) in [6, 6.07) is 16.4. The Kier molecular flexibility index (Phi) is 6.73. The van der Waals surface area contributed by atoms with E-state index in [2.05, 4.69) is 15.5 Å². The lowest BCUT2D eigenvalue weighted by atomic mass is 10.0. The van der Waals surface area contributed by atoms with Crippen molar-refractivity contribution in [1.29, 1.82) is 0 Å². The number of esters is 1. The van der Waals surface area contributed by atoms with Gasteiger partial charge in [-0.25, -0.2) is 5.10 Å². The number of carbonyl (C=O) groups excluding carboxylic acids is 2. The minimum absolute atomic E-state index is 0.128. The molecular weight excluding hydrogens is 370 g/mol. The van der Waals surface area contributed by atoms with Crippen molar-refractivity contribution in [2.45, 2.75) is 32.2 Å². The number of nitrogens with one attached hydrogen (secondary N) is 2. The largest absolute Gasteiger partial charge is 0.455 e. The Hall–Kier alpha value is -3.48. The van der Waals surface area contributed by atoms with Crippen molar-refractivity contribution in [1.82, 2.24) is 15.5 Å². The summed E-state index contributed by atoms with van der Waals surface area (Å²) in [5, 5.41) is 10.3. The van der Waals surface area contributed by atoms with E-state index in [1.165, 1.54) is 0 Å². The zero-order chi connectivity index (χ0) is 20.6. The van der Waals surface area contributed by atoms with E-state index in [9.17, 15) is 14.4 Å². The van der Waals surface area contributed by atoms with Crippen molar-refractivity contribution in [3.05, 3.63) is 76.2 Å². The number of nitrogens with zero attached hydrogens (tertiary/aromatic N) is 1. The van der Waals surface area contributed by atoms with Crippen LogP contribution in [0.25, 0.3) is 10.8 Å². The Bertz CT molecular complexity index is 1050. The second-order valence-corrected chi connectivity index (χ2v) is 6.70. The fourth-order valence-electron chi connectivity index (χ4n) is 3.17. The molecule has 1 heterocycles. The van der Waals surface area contributed by atoms with Crippen LogP contribution in [0, 0.1) is 0 Å². The molecule has 1 atom stereocenters. The highest BCUT2D eigenvalue weighted by molar-refractivity contribution is 5.87. The summed E-state index contributed by atoms with van der Waals surface area (Å²) in [7, 11) is 0. The van der Waals surface area contributed by atoms with Crippen molar-refractivity contribution in [3.8, 4) is 0 Å². The molecule has 0 radical (unpaired) electrons. The lowest BCUT2D eigenvalue weighted by molar-refractivity contribution is -0.148. The van der Waals surface area contributed by atoms with Gasteiger partial charge in [0, 0.05) is 5.39 Å².